The lowest BCUT2D eigenvalue weighted by molar-refractivity contribution is 0.102. The van der Waals surface area contributed by atoms with Crippen LogP contribution >= 0.6 is 0 Å². The lowest BCUT2D eigenvalue weighted by Gasteiger charge is -2.37. The third-order valence-corrected chi connectivity index (χ3v) is 6.86. The fourth-order valence-corrected chi connectivity index (χ4v) is 4.67. The summed E-state index contributed by atoms with van der Waals surface area (Å²) in [5, 5.41) is 5.11. The van der Waals surface area contributed by atoms with Crippen molar-refractivity contribution in [2.24, 2.45) is 0 Å². The number of amides is 1. The van der Waals surface area contributed by atoms with Gasteiger partial charge in [-0.2, -0.15) is 0 Å². The molecule has 1 aromatic heterocycles. The topological polar surface area (TPSA) is 57.7 Å². The number of pyridine rings is 1. The molecule has 0 radical (unpaired) electrons. The molecule has 0 unspecified atom stereocenters. The molecule has 6 heteroatoms. The van der Waals surface area contributed by atoms with E-state index >= 15 is 0 Å². The zero-order valence-electron chi connectivity index (χ0n) is 21.1. The summed E-state index contributed by atoms with van der Waals surface area (Å²) >= 11 is 0. The normalized spacial score (nSPS) is 13.8. The third-order valence-electron chi connectivity index (χ3n) is 6.86. The van der Waals surface area contributed by atoms with Gasteiger partial charge >= 0.3 is 0 Å². The number of anilines is 3. The fourth-order valence-electron chi connectivity index (χ4n) is 4.67. The minimum absolute atomic E-state index is 0.117. The lowest BCUT2D eigenvalue weighted by Crippen LogP contribution is -2.46. The summed E-state index contributed by atoms with van der Waals surface area (Å²) in [5.74, 6) is 2.13. The third kappa shape index (κ3) is 4.98. The molecule has 6 nitrogen and oxygen atoms in total. The minimum atomic E-state index is -0.117. The van der Waals surface area contributed by atoms with Gasteiger partial charge in [0, 0.05) is 54.7 Å². The number of nitrogens with zero attached hydrogens (tertiary/aromatic N) is 3. The van der Waals surface area contributed by atoms with E-state index in [-0.39, 0.29) is 5.91 Å². The molecule has 1 N–H and O–H groups in total. The zero-order chi connectivity index (χ0) is 25.1. The van der Waals surface area contributed by atoms with Crippen LogP contribution in [0, 0.1) is 0 Å². The summed E-state index contributed by atoms with van der Waals surface area (Å²) in [5.41, 5.74) is 3.87. The SMILES string of the molecule is COc1ccc(N2CCN(c3nccc4ccc(C(=O)Nc5ccc(C(C)C)cc5)cc34)CC2)cc1. The van der Waals surface area contributed by atoms with Crippen LogP contribution in [0.25, 0.3) is 10.8 Å². The molecular formula is C30H32N4O2. The smallest absolute Gasteiger partial charge is 0.255 e. The van der Waals surface area contributed by atoms with E-state index in [9.17, 15) is 4.79 Å². The van der Waals surface area contributed by atoms with Crippen LogP contribution in [-0.4, -0.2) is 44.2 Å². The van der Waals surface area contributed by atoms with Crippen LogP contribution in [0.5, 0.6) is 5.75 Å². The van der Waals surface area contributed by atoms with Gasteiger partial charge in [-0.05, 0) is 71.5 Å². The van der Waals surface area contributed by atoms with E-state index in [0.29, 0.717) is 11.5 Å². The summed E-state index contributed by atoms with van der Waals surface area (Å²) in [6.45, 7) is 7.84. The monoisotopic (exact) mass is 480 g/mol. The van der Waals surface area contributed by atoms with Gasteiger partial charge in [0.05, 0.1) is 7.11 Å². The highest BCUT2D eigenvalue weighted by atomic mass is 16.5. The highest BCUT2D eigenvalue weighted by Gasteiger charge is 2.20. The van der Waals surface area contributed by atoms with Crippen molar-refractivity contribution in [2.75, 3.05) is 48.4 Å². The Kier molecular flexibility index (Phi) is 6.76. The van der Waals surface area contributed by atoms with Crippen molar-refractivity contribution in [3.8, 4) is 5.75 Å². The number of piperazine rings is 1. The van der Waals surface area contributed by atoms with Crippen molar-refractivity contribution in [1.29, 1.82) is 0 Å². The Labute approximate surface area is 212 Å². The van der Waals surface area contributed by atoms with Crippen LogP contribution in [0.3, 0.4) is 0 Å². The summed E-state index contributed by atoms with van der Waals surface area (Å²) in [7, 11) is 1.68. The molecular weight excluding hydrogens is 448 g/mol. The largest absolute Gasteiger partial charge is 0.497 e. The zero-order valence-corrected chi connectivity index (χ0v) is 21.1. The molecule has 4 aromatic rings. The molecule has 0 aliphatic carbocycles. The second-order valence-corrected chi connectivity index (χ2v) is 9.47. The van der Waals surface area contributed by atoms with Crippen molar-refractivity contribution in [3.05, 3.63) is 90.1 Å². The van der Waals surface area contributed by atoms with E-state index in [1.165, 1.54) is 11.3 Å². The summed E-state index contributed by atoms with van der Waals surface area (Å²) in [4.78, 5) is 22.5. The maximum Gasteiger partial charge on any atom is 0.255 e. The summed E-state index contributed by atoms with van der Waals surface area (Å²) < 4.78 is 5.28. The van der Waals surface area contributed by atoms with Crippen molar-refractivity contribution in [1.82, 2.24) is 4.98 Å². The van der Waals surface area contributed by atoms with Gasteiger partial charge in [0.25, 0.3) is 5.91 Å². The standard InChI is InChI=1S/C30H32N4O2/c1-21(2)22-6-8-25(9-7-22)32-30(35)24-5-4-23-14-15-31-29(28(23)20-24)34-18-16-33(17-19-34)26-10-12-27(36-3)13-11-26/h4-15,20-21H,16-19H2,1-3H3,(H,32,35). The average molecular weight is 481 g/mol. The minimum Gasteiger partial charge on any atom is -0.497 e. The summed E-state index contributed by atoms with van der Waals surface area (Å²) in [6, 6.07) is 24.1. The lowest BCUT2D eigenvalue weighted by atomic mass is 10.0. The van der Waals surface area contributed by atoms with Gasteiger partial charge in [0.1, 0.15) is 11.6 Å². The van der Waals surface area contributed by atoms with E-state index in [2.05, 4.69) is 53.2 Å². The van der Waals surface area contributed by atoms with Gasteiger partial charge in [-0.25, -0.2) is 4.98 Å². The Morgan fingerprint density at radius 2 is 1.58 bits per heavy atom. The molecule has 0 spiro atoms. The van der Waals surface area contributed by atoms with Gasteiger partial charge < -0.3 is 19.9 Å². The molecule has 1 aliphatic rings. The van der Waals surface area contributed by atoms with Gasteiger partial charge in [-0.1, -0.05) is 32.0 Å². The molecule has 2 heterocycles. The number of hydrogen-bond acceptors (Lipinski definition) is 5. The first kappa shape index (κ1) is 23.7. The molecule has 184 valence electrons. The van der Waals surface area contributed by atoms with Crippen LogP contribution in [-0.2, 0) is 0 Å². The number of rotatable bonds is 6. The maximum atomic E-state index is 13.0. The van der Waals surface area contributed by atoms with Crippen LogP contribution in [0.4, 0.5) is 17.2 Å². The first-order chi connectivity index (χ1) is 17.5. The number of carbonyl (C=O) groups is 1. The van der Waals surface area contributed by atoms with Gasteiger partial charge in [0.2, 0.25) is 0 Å². The highest BCUT2D eigenvalue weighted by Crippen LogP contribution is 2.28. The molecule has 0 bridgehead atoms. The van der Waals surface area contributed by atoms with Crippen LogP contribution in [0.2, 0.25) is 0 Å². The predicted molar refractivity (Wildman–Crippen MR) is 148 cm³/mol. The van der Waals surface area contributed by atoms with Crippen molar-refractivity contribution < 1.29 is 9.53 Å². The van der Waals surface area contributed by atoms with E-state index < -0.39 is 0 Å². The Bertz CT molecular complexity index is 1340. The maximum absolute atomic E-state index is 13.0. The van der Waals surface area contributed by atoms with Crippen molar-refractivity contribution in [3.63, 3.8) is 0 Å². The number of benzene rings is 3. The second-order valence-electron chi connectivity index (χ2n) is 9.47. The number of carbonyl (C=O) groups excluding carboxylic acids is 1. The number of ether oxygens (including phenoxy) is 1. The van der Waals surface area contributed by atoms with Gasteiger partial charge in [-0.15, -0.1) is 0 Å². The molecule has 5 rings (SSSR count). The Balaban J connectivity index is 1.32. The highest BCUT2D eigenvalue weighted by molar-refractivity contribution is 6.07. The van der Waals surface area contributed by atoms with E-state index in [0.717, 1.165) is 54.2 Å². The fraction of sp³-hybridized carbons (Fsp3) is 0.267. The van der Waals surface area contributed by atoms with Gasteiger partial charge in [0.15, 0.2) is 0 Å². The predicted octanol–water partition coefficient (Wildman–Crippen LogP) is 5.95. The number of fused-ring (bicyclic) bond motifs is 1. The molecule has 3 aromatic carbocycles. The van der Waals surface area contributed by atoms with Crippen molar-refractivity contribution in [2.45, 2.75) is 19.8 Å². The molecule has 0 saturated carbocycles. The first-order valence-corrected chi connectivity index (χ1v) is 12.5. The van der Waals surface area contributed by atoms with Crippen LogP contribution in [0.15, 0.2) is 79.0 Å². The molecule has 1 aliphatic heterocycles. The summed E-state index contributed by atoms with van der Waals surface area (Å²) in [6.07, 6.45) is 1.85. The van der Waals surface area contributed by atoms with Crippen LogP contribution < -0.4 is 19.9 Å². The van der Waals surface area contributed by atoms with E-state index in [1.807, 2.05) is 54.7 Å². The Morgan fingerprint density at radius 1 is 0.889 bits per heavy atom. The second kappa shape index (κ2) is 10.3. The first-order valence-electron chi connectivity index (χ1n) is 12.5. The Hall–Kier alpha value is -4.06. The number of hydrogen-bond donors (Lipinski definition) is 1. The van der Waals surface area contributed by atoms with E-state index in [1.54, 1.807) is 7.11 Å². The van der Waals surface area contributed by atoms with Crippen molar-refractivity contribution >= 4 is 33.9 Å². The number of methoxy groups -OCH3 is 1. The molecule has 1 saturated heterocycles. The van der Waals surface area contributed by atoms with Gasteiger partial charge in [-0.3, -0.25) is 4.79 Å². The Morgan fingerprint density at radius 3 is 2.25 bits per heavy atom. The number of aromatic nitrogens is 1. The van der Waals surface area contributed by atoms with Crippen LogP contribution in [0.1, 0.15) is 35.7 Å². The molecule has 1 amide bonds. The number of nitrogens with one attached hydrogen (secondary N) is 1. The average Bonchev–Trinajstić information content (AvgIpc) is 2.93. The molecule has 1 fully saturated rings. The molecule has 0 atom stereocenters. The quantitative estimate of drug-likeness (QED) is 0.370. The van der Waals surface area contributed by atoms with E-state index in [4.69, 9.17) is 9.72 Å². The molecule has 36 heavy (non-hydrogen) atoms.